The van der Waals surface area contributed by atoms with Gasteiger partial charge < -0.3 is 10.1 Å². The molecule has 0 bridgehead atoms. The van der Waals surface area contributed by atoms with E-state index < -0.39 is 5.97 Å². The summed E-state index contributed by atoms with van der Waals surface area (Å²) in [5.41, 5.74) is 3.28. The highest BCUT2D eigenvalue weighted by Crippen LogP contribution is 2.23. The lowest BCUT2D eigenvalue weighted by atomic mass is 10.0. The van der Waals surface area contributed by atoms with Gasteiger partial charge in [-0.2, -0.15) is 0 Å². The van der Waals surface area contributed by atoms with E-state index in [0.717, 1.165) is 16.5 Å². The van der Waals surface area contributed by atoms with Crippen molar-refractivity contribution in [2.45, 2.75) is 13.8 Å². The summed E-state index contributed by atoms with van der Waals surface area (Å²) >= 11 is 0. The number of pyridine rings is 1. The standard InChI is InChI=1S/C20H18N2O3/c1-13-16-10-6-7-11-17(16)21-14(2)19(13)20(24)25-12-18(23)22-15-8-4-3-5-9-15/h3-11H,12H2,1-2H3,(H,22,23). The Balaban J connectivity index is 1.73. The Labute approximate surface area is 145 Å². The first kappa shape index (κ1) is 16.6. The molecule has 0 atom stereocenters. The minimum atomic E-state index is -0.545. The van der Waals surface area contributed by atoms with E-state index in [9.17, 15) is 9.59 Å². The molecule has 1 N–H and O–H groups in total. The van der Waals surface area contributed by atoms with Crippen molar-refractivity contribution in [3.8, 4) is 0 Å². The first-order valence-corrected chi connectivity index (χ1v) is 7.94. The largest absolute Gasteiger partial charge is 0.452 e. The molecule has 3 aromatic rings. The average Bonchev–Trinajstić information content (AvgIpc) is 2.61. The van der Waals surface area contributed by atoms with E-state index in [1.54, 1.807) is 19.1 Å². The highest BCUT2D eigenvalue weighted by Gasteiger charge is 2.18. The van der Waals surface area contributed by atoms with Crippen molar-refractivity contribution >= 4 is 28.5 Å². The van der Waals surface area contributed by atoms with Crippen LogP contribution in [0.25, 0.3) is 10.9 Å². The number of ether oxygens (including phenoxy) is 1. The summed E-state index contributed by atoms with van der Waals surface area (Å²) in [4.78, 5) is 28.8. The molecule has 5 nitrogen and oxygen atoms in total. The van der Waals surface area contributed by atoms with Crippen LogP contribution in [0.5, 0.6) is 0 Å². The number of carbonyl (C=O) groups excluding carboxylic acids is 2. The second-order valence-corrected chi connectivity index (χ2v) is 5.70. The van der Waals surface area contributed by atoms with Gasteiger partial charge in [0, 0.05) is 11.1 Å². The van der Waals surface area contributed by atoms with E-state index in [1.807, 2.05) is 49.4 Å². The number of anilines is 1. The number of aromatic nitrogens is 1. The Morgan fingerprint density at radius 2 is 1.68 bits per heavy atom. The minimum Gasteiger partial charge on any atom is -0.452 e. The minimum absolute atomic E-state index is 0.348. The van der Waals surface area contributed by atoms with Gasteiger partial charge in [0.25, 0.3) is 5.91 Å². The summed E-state index contributed by atoms with van der Waals surface area (Å²) in [6, 6.07) is 16.6. The molecule has 0 fully saturated rings. The highest BCUT2D eigenvalue weighted by atomic mass is 16.5. The van der Waals surface area contributed by atoms with Crippen LogP contribution < -0.4 is 5.32 Å². The van der Waals surface area contributed by atoms with Gasteiger partial charge in [0.2, 0.25) is 0 Å². The zero-order valence-corrected chi connectivity index (χ0v) is 14.1. The Morgan fingerprint density at radius 3 is 2.44 bits per heavy atom. The van der Waals surface area contributed by atoms with Gasteiger partial charge in [-0.3, -0.25) is 9.78 Å². The van der Waals surface area contributed by atoms with Crippen LogP contribution in [-0.2, 0) is 9.53 Å². The summed E-state index contributed by atoms with van der Waals surface area (Å²) < 4.78 is 5.18. The molecule has 126 valence electrons. The summed E-state index contributed by atoms with van der Waals surface area (Å²) in [5, 5.41) is 3.57. The van der Waals surface area contributed by atoms with Crippen molar-refractivity contribution in [1.82, 2.24) is 4.98 Å². The van der Waals surface area contributed by atoms with E-state index in [0.29, 0.717) is 16.9 Å². The maximum absolute atomic E-state index is 12.4. The van der Waals surface area contributed by atoms with Crippen molar-refractivity contribution in [3.05, 3.63) is 71.4 Å². The predicted octanol–water partition coefficient (Wildman–Crippen LogP) is 3.65. The number of amides is 1. The Hall–Kier alpha value is -3.21. The molecule has 0 saturated heterocycles. The zero-order valence-electron chi connectivity index (χ0n) is 14.1. The lowest BCUT2D eigenvalue weighted by Gasteiger charge is -2.12. The fraction of sp³-hybridized carbons (Fsp3) is 0.150. The number of carbonyl (C=O) groups is 2. The van der Waals surface area contributed by atoms with Crippen molar-refractivity contribution in [2.75, 3.05) is 11.9 Å². The van der Waals surface area contributed by atoms with Gasteiger partial charge in [0.15, 0.2) is 6.61 Å². The molecule has 0 aliphatic heterocycles. The first-order valence-electron chi connectivity index (χ1n) is 7.94. The molecule has 0 aliphatic rings. The van der Waals surface area contributed by atoms with E-state index in [1.165, 1.54) is 0 Å². The van der Waals surface area contributed by atoms with Crippen LogP contribution in [0, 0.1) is 13.8 Å². The van der Waals surface area contributed by atoms with Crippen LogP contribution >= 0.6 is 0 Å². The maximum Gasteiger partial charge on any atom is 0.340 e. The molecule has 0 unspecified atom stereocenters. The monoisotopic (exact) mass is 334 g/mol. The molecule has 0 radical (unpaired) electrons. The predicted molar refractivity (Wildman–Crippen MR) is 96.6 cm³/mol. The van der Waals surface area contributed by atoms with Gasteiger partial charge in [-0.15, -0.1) is 0 Å². The SMILES string of the molecule is Cc1nc2ccccc2c(C)c1C(=O)OCC(=O)Nc1ccccc1. The fourth-order valence-corrected chi connectivity index (χ4v) is 2.75. The number of fused-ring (bicyclic) bond motifs is 1. The maximum atomic E-state index is 12.4. The van der Waals surface area contributed by atoms with Crippen molar-refractivity contribution in [1.29, 1.82) is 0 Å². The van der Waals surface area contributed by atoms with Gasteiger partial charge in [-0.05, 0) is 37.6 Å². The molecule has 0 saturated carbocycles. The van der Waals surface area contributed by atoms with Gasteiger partial charge in [-0.1, -0.05) is 36.4 Å². The van der Waals surface area contributed by atoms with Crippen LogP contribution in [0.3, 0.4) is 0 Å². The number of hydrogen-bond donors (Lipinski definition) is 1. The topological polar surface area (TPSA) is 68.3 Å². The number of hydrogen-bond acceptors (Lipinski definition) is 4. The number of esters is 1. The fourth-order valence-electron chi connectivity index (χ4n) is 2.75. The van der Waals surface area contributed by atoms with Crippen LogP contribution in [-0.4, -0.2) is 23.5 Å². The lowest BCUT2D eigenvalue weighted by Crippen LogP contribution is -2.22. The molecule has 1 heterocycles. The molecule has 0 aliphatic carbocycles. The molecular weight excluding hydrogens is 316 g/mol. The summed E-state index contributed by atoms with van der Waals surface area (Å²) in [5.74, 6) is -0.930. The number of aryl methyl sites for hydroxylation is 2. The molecule has 1 amide bonds. The number of nitrogens with zero attached hydrogens (tertiary/aromatic N) is 1. The Morgan fingerprint density at radius 1 is 1.00 bits per heavy atom. The molecule has 25 heavy (non-hydrogen) atoms. The van der Waals surface area contributed by atoms with Gasteiger partial charge in [0.05, 0.1) is 16.8 Å². The molecular formula is C20H18N2O3. The van der Waals surface area contributed by atoms with Crippen LogP contribution in [0.2, 0.25) is 0 Å². The smallest absolute Gasteiger partial charge is 0.340 e. The summed E-state index contributed by atoms with van der Waals surface area (Å²) in [7, 11) is 0. The van der Waals surface area contributed by atoms with Gasteiger partial charge >= 0.3 is 5.97 Å². The normalized spacial score (nSPS) is 10.5. The van der Waals surface area contributed by atoms with Gasteiger partial charge in [-0.25, -0.2) is 4.79 Å². The molecule has 0 spiro atoms. The van der Waals surface area contributed by atoms with E-state index in [-0.39, 0.29) is 12.5 Å². The van der Waals surface area contributed by atoms with Gasteiger partial charge in [0.1, 0.15) is 0 Å². The third kappa shape index (κ3) is 3.66. The van der Waals surface area contributed by atoms with Crippen molar-refractivity contribution in [3.63, 3.8) is 0 Å². The lowest BCUT2D eigenvalue weighted by molar-refractivity contribution is -0.119. The zero-order chi connectivity index (χ0) is 17.8. The second-order valence-electron chi connectivity index (χ2n) is 5.70. The van der Waals surface area contributed by atoms with Crippen LogP contribution in [0.4, 0.5) is 5.69 Å². The first-order chi connectivity index (χ1) is 12.1. The molecule has 5 heteroatoms. The van der Waals surface area contributed by atoms with Crippen molar-refractivity contribution in [2.24, 2.45) is 0 Å². The number of nitrogens with one attached hydrogen (secondary N) is 1. The number of para-hydroxylation sites is 2. The van der Waals surface area contributed by atoms with Crippen molar-refractivity contribution < 1.29 is 14.3 Å². The summed E-state index contributed by atoms with van der Waals surface area (Å²) in [6.45, 7) is 3.27. The van der Waals surface area contributed by atoms with E-state index in [2.05, 4.69) is 10.3 Å². The Bertz CT molecular complexity index is 936. The third-order valence-corrected chi connectivity index (χ3v) is 3.93. The average molecular weight is 334 g/mol. The van der Waals surface area contributed by atoms with Crippen LogP contribution in [0.15, 0.2) is 54.6 Å². The molecule has 1 aromatic heterocycles. The quantitative estimate of drug-likeness (QED) is 0.740. The second kappa shape index (κ2) is 7.13. The van der Waals surface area contributed by atoms with E-state index >= 15 is 0 Å². The molecule has 2 aromatic carbocycles. The molecule has 3 rings (SSSR count). The van der Waals surface area contributed by atoms with Crippen LogP contribution in [0.1, 0.15) is 21.6 Å². The number of rotatable bonds is 4. The number of benzene rings is 2. The third-order valence-electron chi connectivity index (χ3n) is 3.93. The Kier molecular flexibility index (Phi) is 4.75. The summed E-state index contributed by atoms with van der Waals surface area (Å²) in [6.07, 6.45) is 0. The highest BCUT2D eigenvalue weighted by molar-refractivity contribution is 6.00. The van der Waals surface area contributed by atoms with E-state index in [4.69, 9.17) is 4.74 Å².